The van der Waals surface area contributed by atoms with Crippen LogP contribution < -0.4 is 0 Å². The normalized spacial score (nSPS) is 19.4. The van der Waals surface area contributed by atoms with Gasteiger partial charge in [0.2, 0.25) is 11.7 Å². The van der Waals surface area contributed by atoms with E-state index in [0.29, 0.717) is 29.3 Å². The van der Waals surface area contributed by atoms with Gasteiger partial charge in [-0.1, -0.05) is 5.16 Å². The van der Waals surface area contributed by atoms with Crippen LogP contribution in [0.4, 0.5) is 0 Å². The van der Waals surface area contributed by atoms with Crippen LogP contribution in [-0.2, 0) is 6.42 Å². The second kappa shape index (κ2) is 3.53. The molecule has 1 N–H and O–H groups in total. The van der Waals surface area contributed by atoms with E-state index in [1.807, 2.05) is 0 Å². The monoisotopic (exact) mass is 234 g/mol. The van der Waals surface area contributed by atoms with Crippen molar-refractivity contribution in [3.63, 3.8) is 0 Å². The van der Waals surface area contributed by atoms with Crippen LogP contribution in [0.2, 0.25) is 0 Å². The van der Waals surface area contributed by atoms with Crippen molar-refractivity contribution in [1.29, 1.82) is 0 Å². The van der Waals surface area contributed by atoms with Crippen molar-refractivity contribution in [1.82, 2.24) is 10.1 Å². The highest BCUT2D eigenvalue weighted by Crippen LogP contribution is 2.28. The molecule has 0 radical (unpaired) electrons. The van der Waals surface area contributed by atoms with Crippen LogP contribution in [-0.4, -0.2) is 27.1 Å². The fourth-order valence-corrected chi connectivity index (χ4v) is 1.92. The molecule has 0 aliphatic heterocycles. The first kappa shape index (κ1) is 10.2. The molecule has 6 heteroatoms. The summed E-state index contributed by atoms with van der Waals surface area (Å²) in [5, 5.41) is 13.2. The summed E-state index contributed by atoms with van der Waals surface area (Å²) in [5.41, 5.74) is 1.78. The summed E-state index contributed by atoms with van der Waals surface area (Å²) in [6, 6.07) is 0. The molecular formula is C11H10N2O4. The van der Waals surface area contributed by atoms with Crippen LogP contribution >= 0.6 is 0 Å². The van der Waals surface area contributed by atoms with Crippen molar-refractivity contribution >= 4 is 5.78 Å². The zero-order valence-corrected chi connectivity index (χ0v) is 9.14. The third-order valence-electron chi connectivity index (χ3n) is 2.78. The molecule has 1 aliphatic rings. The van der Waals surface area contributed by atoms with E-state index >= 15 is 0 Å². The Morgan fingerprint density at radius 1 is 1.47 bits per heavy atom. The predicted molar refractivity (Wildman–Crippen MR) is 55.4 cm³/mol. The van der Waals surface area contributed by atoms with Crippen molar-refractivity contribution in [3.05, 3.63) is 23.4 Å². The van der Waals surface area contributed by atoms with Gasteiger partial charge in [0.25, 0.3) is 0 Å². The standard InChI is InChI=1S/C11H10N2O4/c1-5-7(4-16-13-5)11-12-8-2-6(14)3-9(15)10(8)17-11/h4,6,14H,2-3H2,1H3. The molecule has 1 aliphatic carbocycles. The van der Waals surface area contributed by atoms with E-state index in [-0.39, 0.29) is 18.0 Å². The number of carbonyl (C=O) groups is 1. The van der Waals surface area contributed by atoms with Crippen LogP contribution in [0.1, 0.15) is 28.4 Å². The molecule has 3 rings (SSSR count). The molecule has 17 heavy (non-hydrogen) atoms. The topological polar surface area (TPSA) is 89.4 Å². The average Bonchev–Trinajstić information content (AvgIpc) is 2.83. The van der Waals surface area contributed by atoms with E-state index in [0.717, 1.165) is 0 Å². The van der Waals surface area contributed by atoms with Gasteiger partial charge in [-0.05, 0) is 6.92 Å². The van der Waals surface area contributed by atoms with Crippen LogP contribution in [0.15, 0.2) is 15.2 Å². The highest BCUT2D eigenvalue weighted by molar-refractivity contribution is 5.96. The van der Waals surface area contributed by atoms with Gasteiger partial charge in [-0.15, -0.1) is 0 Å². The van der Waals surface area contributed by atoms with Gasteiger partial charge in [0, 0.05) is 12.8 Å². The predicted octanol–water partition coefficient (Wildman–Crippen LogP) is 1.13. The van der Waals surface area contributed by atoms with E-state index in [4.69, 9.17) is 8.94 Å². The Balaban J connectivity index is 2.08. The Labute approximate surface area is 96.2 Å². The summed E-state index contributed by atoms with van der Waals surface area (Å²) in [7, 11) is 0. The third kappa shape index (κ3) is 1.57. The van der Waals surface area contributed by atoms with Crippen molar-refractivity contribution in [3.8, 4) is 11.5 Å². The number of rotatable bonds is 1. The van der Waals surface area contributed by atoms with Gasteiger partial charge in [-0.25, -0.2) is 4.98 Å². The molecule has 6 nitrogen and oxygen atoms in total. The van der Waals surface area contributed by atoms with Gasteiger partial charge in [0.1, 0.15) is 6.26 Å². The first-order valence-electron chi connectivity index (χ1n) is 5.27. The summed E-state index contributed by atoms with van der Waals surface area (Å²) >= 11 is 0. The fourth-order valence-electron chi connectivity index (χ4n) is 1.92. The highest BCUT2D eigenvalue weighted by atomic mass is 16.5. The van der Waals surface area contributed by atoms with Crippen LogP contribution in [0.5, 0.6) is 0 Å². The molecule has 1 atom stereocenters. The van der Waals surface area contributed by atoms with Crippen molar-refractivity contribution in [2.75, 3.05) is 0 Å². The summed E-state index contributed by atoms with van der Waals surface area (Å²) in [6.07, 6.45) is 1.18. The number of aliphatic hydroxyl groups is 1. The Kier molecular flexibility index (Phi) is 2.12. The van der Waals surface area contributed by atoms with Gasteiger partial charge >= 0.3 is 0 Å². The van der Waals surface area contributed by atoms with Gasteiger partial charge in [-0.2, -0.15) is 0 Å². The summed E-state index contributed by atoms with van der Waals surface area (Å²) in [6.45, 7) is 1.76. The number of carbonyl (C=O) groups excluding carboxylic acids is 1. The van der Waals surface area contributed by atoms with E-state index in [9.17, 15) is 9.90 Å². The summed E-state index contributed by atoms with van der Waals surface area (Å²) in [4.78, 5) is 15.8. The molecule has 88 valence electrons. The molecule has 0 amide bonds. The van der Waals surface area contributed by atoms with Gasteiger partial charge in [0.15, 0.2) is 5.76 Å². The first-order chi connectivity index (χ1) is 8.15. The molecule has 0 saturated heterocycles. The largest absolute Gasteiger partial charge is 0.432 e. The second-order valence-corrected chi connectivity index (χ2v) is 4.09. The molecule has 0 saturated carbocycles. The number of aliphatic hydroxyl groups excluding tert-OH is 1. The number of fused-ring (bicyclic) bond motifs is 1. The lowest BCUT2D eigenvalue weighted by Gasteiger charge is -2.12. The van der Waals surface area contributed by atoms with Crippen LogP contribution in [0, 0.1) is 6.92 Å². The Bertz CT molecular complexity index is 584. The van der Waals surface area contributed by atoms with E-state index in [2.05, 4.69) is 10.1 Å². The number of ketones is 1. The van der Waals surface area contributed by atoms with E-state index in [1.54, 1.807) is 6.92 Å². The van der Waals surface area contributed by atoms with E-state index in [1.165, 1.54) is 6.26 Å². The smallest absolute Gasteiger partial charge is 0.232 e. The molecule has 0 bridgehead atoms. The van der Waals surface area contributed by atoms with Gasteiger partial charge < -0.3 is 14.0 Å². The fraction of sp³-hybridized carbons (Fsp3) is 0.364. The molecule has 1 unspecified atom stereocenters. The maximum Gasteiger partial charge on any atom is 0.232 e. The number of nitrogens with zero attached hydrogens (tertiary/aromatic N) is 2. The number of hydrogen-bond acceptors (Lipinski definition) is 6. The highest BCUT2D eigenvalue weighted by Gasteiger charge is 2.30. The maximum atomic E-state index is 11.6. The van der Waals surface area contributed by atoms with Crippen LogP contribution in [0.3, 0.4) is 0 Å². The Morgan fingerprint density at radius 2 is 2.29 bits per heavy atom. The zero-order valence-electron chi connectivity index (χ0n) is 9.14. The van der Waals surface area contributed by atoms with Crippen molar-refractivity contribution < 1.29 is 18.8 Å². The van der Waals surface area contributed by atoms with Gasteiger partial charge in [-0.3, -0.25) is 4.79 Å². The Hall–Kier alpha value is -1.95. The summed E-state index contributed by atoms with van der Waals surface area (Å²) in [5.74, 6) is 0.341. The molecule has 0 aromatic carbocycles. The SMILES string of the molecule is Cc1nocc1-c1nc2c(o1)C(=O)CC(O)C2. The molecule has 2 aromatic rings. The minimum atomic E-state index is -0.670. The zero-order chi connectivity index (χ0) is 12.0. The average molecular weight is 234 g/mol. The number of Topliss-reactive ketones (excluding diaryl/α,β-unsaturated/α-hetero) is 1. The maximum absolute atomic E-state index is 11.6. The lowest BCUT2D eigenvalue weighted by atomic mass is 9.98. The third-order valence-corrected chi connectivity index (χ3v) is 2.78. The molecule has 2 heterocycles. The first-order valence-corrected chi connectivity index (χ1v) is 5.27. The lowest BCUT2D eigenvalue weighted by molar-refractivity contribution is 0.0820. The van der Waals surface area contributed by atoms with Crippen molar-refractivity contribution in [2.45, 2.75) is 25.9 Å². The quantitative estimate of drug-likeness (QED) is 0.795. The summed E-state index contributed by atoms with van der Waals surface area (Å²) < 4.78 is 10.2. The molecular weight excluding hydrogens is 224 g/mol. The second-order valence-electron chi connectivity index (χ2n) is 4.09. The minimum Gasteiger partial charge on any atom is -0.432 e. The molecule has 2 aromatic heterocycles. The molecule has 0 fully saturated rings. The Morgan fingerprint density at radius 3 is 3.00 bits per heavy atom. The lowest BCUT2D eigenvalue weighted by Crippen LogP contribution is -2.23. The van der Waals surface area contributed by atoms with Crippen LogP contribution in [0.25, 0.3) is 11.5 Å². The van der Waals surface area contributed by atoms with E-state index < -0.39 is 6.10 Å². The number of aromatic nitrogens is 2. The minimum absolute atomic E-state index is 0.0876. The molecule has 0 spiro atoms. The number of aryl methyl sites for hydroxylation is 1. The van der Waals surface area contributed by atoms with Gasteiger partial charge in [0.05, 0.1) is 23.1 Å². The number of oxazole rings is 1. The van der Waals surface area contributed by atoms with Crippen molar-refractivity contribution in [2.24, 2.45) is 0 Å². The number of hydrogen-bond donors (Lipinski definition) is 1.